The van der Waals surface area contributed by atoms with Crippen LogP contribution >= 0.6 is 27.5 Å². The molecule has 0 aromatic heterocycles. The molecule has 0 aliphatic rings. The second-order valence-electron chi connectivity index (χ2n) is 3.73. The zero-order chi connectivity index (χ0) is 13.1. The predicted molar refractivity (Wildman–Crippen MR) is 72.8 cm³/mol. The van der Waals surface area contributed by atoms with Gasteiger partial charge in [0, 0.05) is 12.6 Å². The van der Waals surface area contributed by atoms with Crippen molar-refractivity contribution >= 4 is 33.2 Å². The first-order valence-corrected chi connectivity index (χ1v) is 6.36. The highest BCUT2D eigenvalue weighted by Gasteiger charge is 2.04. The first-order chi connectivity index (χ1) is 8.56. The van der Waals surface area contributed by atoms with Gasteiger partial charge in [-0.15, -0.1) is 0 Å². The maximum Gasteiger partial charge on any atom is 0.126 e. The smallest absolute Gasteiger partial charge is 0.126 e. The Kier molecular flexibility index (Phi) is 4.19. The highest BCUT2D eigenvalue weighted by Crippen LogP contribution is 2.30. The molecule has 94 valence electrons. The van der Waals surface area contributed by atoms with Gasteiger partial charge < -0.3 is 5.32 Å². The zero-order valence-electron chi connectivity index (χ0n) is 9.18. The number of benzene rings is 2. The number of nitrogens with one attached hydrogen (secondary N) is 1. The summed E-state index contributed by atoms with van der Waals surface area (Å²) in [6.07, 6.45) is 0. The van der Waals surface area contributed by atoms with Crippen molar-refractivity contribution in [3.63, 3.8) is 0 Å². The molecule has 0 saturated heterocycles. The van der Waals surface area contributed by atoms with E-state index in [9.17, 15) is 8.78 Å². The fourth-order valence-electron chi connectivity index (χ4n) is 1.55. The molecule has 0 radical (unpaired) electrons. The molecule has 0 amide bonds. The van der Waals surface area contributed by atoms with Crippen molar-refractivity contribution in [1.29, 1.82) is 0 Å². The fraction of sp³-hybridized carbons (Fsp3) is 0.0769. The minimum Gasteiger partial charge on any atom is -0.380 e. The summed E-state index contributed by atoms with van der Waals surface area (Å²) in [5, 5.41) is 3.63. The molecular weight excluding hydrogens is 324 g/mol. The minimum atomic E-state index is -0.586. The molecule has 0 unspecified atom stereocenters. The van der Waals surface area contributed by atoms with Crippen molar-refractivity contribution in [2.45, 2.75) is 6.54 Å². The first kappa shape index (κ1) is 13.3. The van der Waals surface area contributed by atoms with Gasteiger partial charge in [0.05, 0.1) is 15.2 Å². The van der Waals surface area contributed by atoms with Gasteiger partial charge in [0.15, 0.2) is 0 Å². The molecule has 0 saturated carbocycles. The zero-order valence-corrected chi connectivity index (χ0v) is 11.5. The van der Waals surface area contributed by atoms with Crippen molar-refractivity contribution in [1.82, 2.24) is 0 Å². The lowest BCUT2D eigenvalue weighted by atomic mass is 10.2. The van der Waals surface area contributed by atoms with E-state index in [0.29, 0.717) is 17.1 Å². The summed E-state index contributed by atoms with van der Waals surface area (Å²) in [7, 11) is 0. The molecule has 0 spiro atoms. The van der Waals surface area contributed by atoms with E-state index in [0.717, 1.165) is 16.2 Å². The van der Waals surface area contributed by atoms with Gasteiger partial charge in [0.2, 0.25) is 0 Å². The van der Waals surface area contributed by atoms with Crippen LogP contribution in [0.5, 0.6) is 0 Å². The average molecular weight is 333 g/mol. The number of hydrogen-bond donors (Lipinski definition) is 1. The molecule has 1 N–H and O–H groups in total. The van der Waals surface area contributed by atoms with Gasteiger partial charge in [-0.2, -0.15) is 0 Å². The summed E-state index contributed by atoms with van der Waals surface area (Å²) in [5.74, 6) is -1.17. The van der Waals surface area contributed by atoms with Gasteiger partial charge in [-0.3, -0.25) is 0 Å². The van der Waals surface area contributed by atoms with E-state index in [2.05, 4.69) is 21.2 Å². The summed E-state index contributed by atoms with van der Waals surface area (Å²) in [6.45, 7) is 0.313. The Hall–Kier alpha value is -1.13. The Balaban J connectivity index is 2.14. The molecule has 0 aliphatic heterocycles. The maximum atomic E-state index is 13.0. The van der Waals surface area contributed by atoms with Gasteiger partial charge in [-0.05, 0) is 45.8 Å². The normalized spacial score (nSPS) is 10.4. The van der Waals surface area contributed by atoms with Gasteiger partial charge in [-0.1, -0.05) is 17.7 Å². The van der Waals surface area contributed by atoms with Crippen LogP contribution in [0.1, 0.15) is 5.56 Å². The lowest BCUT2D eigenvalue weighted by Gasteiger charge is -2.09. The van der Waals surface area contributed by atoms with Crippen molar-refractivity contribution in [3.8, 4) is 0 Å². The lowest BCUT2D eigenvalue weighted by Crippen LogP contribution is -2.01. The van der Waals surface area contributed by atoms with Crippen LogP contribution in [0.25, 0.3) is 0 Å². The van der Waals surface area contributed by atoms with Crippen LogP contribution in [0.2, 0.25) is 5.02 Å². The van der Waals surface area contributed by atoms with Gasteiger partial charge in [0.25, 0.3) is 0 Å². The summed E-state index contributed by atoms with van der Waals surface area (Å²) in [4.78, 5) is 0. The van der Waals surface area contributed by atoms with Crippen LogP contribution in [-0.4, -0.2) is 0 Å². The van der Waals surface area contributed by atoms with E-state index in [1.807, 2.05) is 6.07 Å². The van der Waals surface area contributed by atoms with Gasteiger partial charge >= 0.3 is 0 Å². The number of halogens is 4. The number of anilines is 1. The summed E-state index contributed by atoms with van der Waals surface area (Å²) in [5.41, 5.74) is 1.30. The minimum absolute atomic E-state index is 0.313. The summed E-state index contributed by atoms with van der Waals surface area (Å²) in [6, 6.07) is 8.79. The van der Waals surface area contributed by atoms with Crippen LogP contribution in [-0.2, 0) is 6.54 Å². The summed E-state index contributed by atoms with van der Waals surface area (Å²) < 4.78 is 26.7. The summed E-state index contributed by atoms with van der Waals surface area (Å²) >= 11 is 9.28. The maximum absolute atomic E-state index is 13.0. The van der Waals surface area contributed by atoms with Gasteiger partial charge in [-0.25, -0.2) is 8.78 Å². The van der Waals surface area contributed by atoms with E-state index in [1.54, 1.807) is 12.1 Å². The van der Waals surface area contributed by atoms with Crippen LogP contribution in [0.15, 0.2) is 40.9 Å². The Morgan fingerprint density at radius 2 is 1.78 bits per heavy atom. The molecule has 5 heteroatoms. The van der Waals surface area contributed by atoms with E-state index in [4.69, 9.17) is 11.6 Å². The van der Waals surface area contributed by atoms with Crippen molar-refractivity contribution in [2.75, 3.05) is 5.32 Å². The molecule has 2 rings (SSSR count). The predicted octanol–water partition coefficient (Wildman–Crippen LogP) is 4.99. The Bertz CT molecular complexity index is 555. The Morgan fingerprint density at radius 3 is 2.44 bits per heavy atom. The molecule has 0 fully saturated rings. The molecule has 0 heterocycles. The standard InChI is InChI=1S/C13H9BrClF2N/c14-13-11(15)2-1-3-12(13)18-7-8-4-9(16)6-10(17)5-8/h1-6,18H,7H2. The van der Waals surface area contributed by atoms with Crippen molar-refractivity contribution in [2.24, 2.45) is 0 Å². The van der Waals surface area contributed by atoms with Crippen molar-refractivity contribution in [3.05, 3.63) is 63.1 Å². The highest BCUT2D eigenvalue weighted by molar-refractivity contribution is 9.10. The Morgan fingerprint density at radius 1 is 1.11 bits per heavy atom. The van der Waals surface area contributed by atoms with E-state index >= 15 is 0 Å². The first-order valence-electron chi connectivity index (χ1n) is 5.19. The largest absolute Gasteiger partial charge is 0.380 e. The molecule has 2 aromatic rings. The monoisotopic (exact) mass is 331 g/mol. The van der Waals surface area contributed by atoms with Crippen LogP contribution in [0.4, 0.5) is 14.5 Å². The van der Waals surface area contributed by atoms with Gasteiger partial charge in [0.1, 0.15) is 11.6 Å². The van der Waals surface area contributed by atoms with Crippen LogP contribution in [0.3, 0.4) is 0 Å². The lowest BCUT2D eigenvalue weighted by molar-refractivity contribution is 0.580. The molecule has 18 heavy (non-hydrogen) atoms. The fourth-order valence-corrected chi connectivity index (χ4v) is 2.13. The van der Waals surface area contributed by atoms with E-state index in [1.165, 1.54) is 12.1 Å². The number of rotatable bonds is 3. The Labute approximate surface area is 117 Å². The second-order valence-corrected chi connectivity index (χ2v) is 4.93. The van der Waals surface area contributed by atoms with Crippen molar-refractivity contribution < 1.29 is 8.78 Å². The molecule has 0 atom stereocenters. The molecule has 2 aromatic carbocycles. The number of hydrogen-bond acceptors (Lipinski definition) is 1. The third-order valence-electron chi connectivity index (χ3n) is 2.36. The van der Waals surface area contributed by atoms with Crippen LogP contribution in [0, 0.1) is 11.6 Å². The van der Waals surface area contributed by atoms with E-state index < -0.39 is 11.6 Å². The average Bonchev–Trinajstić information content (AvgIpc) is 2.30. The highest BCUT2D eigenvalue weighted by atomic mass is 79.9. The molecular formula is C13H9BrClF2N. The third-order valence-corrected chi connectivity index (χ3v) is 3.75. The molecule has 1 nitrogen and oxygen atoms in total. The molecule has 0 bridgehead atoms. The SMILES string of the molecule is Fc1cc(F)cc(CNc2cccc(Cl)c2Br)c1. The second kappa shape index (κ2) is 5.67. The van der Waals surface area contributed by atoms with Crippen LogP contribution < -0.4 is 5.32 Å². The molecule has 0 aliphatic carbocycles. The quantitative estimate of drug-likeness (QED) is 0.834. The van der Waals surface area contributed by atoms with E-state index in [-0.39, 0.29) is 0 Å². The third kappa shape index (κ3) is 3.21. The topological polar surface area (TPSA) is 12.0 Å².